The summed E-state index contributed by atoms with van der Waals surface area (Å²) >= 11 is 11.7. The van der Waals surface area contributed by atoms with Crippen molar-refractivity contribution >= 4 is 23.2 Å². The highest BCUT2D eigenvalue weighted by atomic mass is 35.5. The quantitative estimate of drug-likeness (QED) is 0.820. The fourth-order valence-electron chi connectivity index (χ4n) is 1.44. The van der Waals surface area contributed by atoms with Crippen LogP contribution in [0.1, 0.15) is 0 Å². The molecule has 0 saturated heterocycles. The lowest BCUT2D eigenvalue weighted by Gasteiger charge is -2.10. The number of hydrogen-bond donors (Lipinski definition) is 0. The Kier molecular flexibility index (Phi) is 3.99. The molecule has 0 saturated carbocycles. The van der Waals surface area contributed by atoms with Crippen LogP contribution in [0.25, 0.3) is 11.3 Å². The zero-order valence-corrected chi connectivity index (χ0v) is 10.4. The van der Waals surface area contributed by atoms with Crippen molar-refractivity contribution in [3.05, 3.63) is 46.6 Å². The summed E-state index contributed by atoms with van der Waals surface area (Å²) in [5.74, 6) is -0.00844. The van der Waals surface area contributed by atoms with E-state index in [1.165, 1.54) is 18.3 Å². The first-order valence-electron chi connectivity index (χ1n) is 4.93. The molecule has 0 aliphatic heterocycles. The fraction of sp³-hybridized carbons (Fsp3) is 0.0833. The van der Waals surface area contributed by atoms with E-state index in [0.717, 1.165) is 0 Å². The highest BCUT2D eigenvalue weighted by Crippen LogP contribution is 2.32. The van der Waals surface area contributed by atoms with Crippen LogP contribution in [0.4, 0.5) is 8.78 Å². The van der Waals surface area contributed by atoms with Crippen LogP contribution in [0, 0.1) is 0 Å². The summed E-state index contributed by atoms with van der Waals surface area (Å²) in [7, 11) is 0. The number of aromatic nitrogens is 1. The lowest BCUT2D eigenvalue weighted by molar-refractivity contribution is -0.0496. The van der Waals surface area contributed by atoms with E-state index in [2.05, 4.69) is 9.72 Å². The molecule has 0 N–H and O–H groups in total. The van der Waals surface area contributed by atoms with Crippen LogP contribution in [0.5, 0.6) is 5.75 Å². The van der Waals surface area contributed by atoms with Crippen molar-refractivity contribution in [1.82, 2.24) is 4.98 Å². The summed E-state index contributed by atoms with van der Waals surface area (Å²) in [6.45, 7) is -2.91. The molecular weight excluding hydrogens is 283 g/mol. The van der Waals surface area contributed by atoms with E-state index in [0.29, 0.717) is 15.6 Å². The summed E-state index contributed by atoms with van der Waals surface area (Å²) in [5, 5.41) is 0.704. The van der Waals surface area contributed by atoms with Crippen LogP contribution in [0.15, 0.2) is 36.5 Å². The van der Waals surface area contributed by atoms with Crippen LogP contribution in [-0.2, 0) is 0 Å². The minimum Gasteiger partial charge on any atom is -0.432 e. The molecule has 18 heavy (non-hydrogen) atoms. The minimum absolute atomic E-state index is 0.00844. The summed E-state index contributed by atoms with van der Waals surface area (Å²) in [4.78, 5) is 4.01. The van der Waals surface area contributed by atoms with Gasteiger partial charge in [0.2, 0.25) is 0 Å². The number of rotatable bonds is 3. The number of halogens is 4. The molecule has 1 heterocycles. The van der Waals surface area contributed by atoms with Crippen molar-refractivity contribution in [2.24, 2.45) is 0 Å². The third-order valence-corrected chi connectivity index (χ3v) is 2.92. The van der Waals surface area contributed by atoms with Gasteiger partial charge in [0.1, 0.15) is 5.69 Å². The first-order chi connectivity index (χ1) is 8.58. The number of hydrogen-bond acceptors (Lipinski definition) is 2. The summed E-state index contributed by atoms with van der Waals surface area (Å²) in [6.07, 6.45) is 1.48. The second-order valence-corrected chi connectivity index (χ2v) is 4.17. The third kappa shape index (κ3) is 2.89. The van der Waals surface area contributed by atoms with Crippen molar-refractivity contribution in [3.8, 4) is 17.0 Å². The van der Waals surface area contributed by atoms with E-state index in [1.54, 1.807) is 18.2 Å². The number of nitrogens with zero attached hydrogens (tertiary/aromatic N) is 1. The molecule has 0 fully saturated rings. The molecule has 0 spiro atoms. The van der Waals surface area contributed by atoms with Crippen LogP contribution in [0.3, 0.4) is 0 Å². The zero-order chi connectivity index (χ0) is 13.1. The largest absolute Gasteiger partial charge is 0.432 e. The topological polar surface area (TPSA) is 22.1 Å². The number of alkyl halides is 2. The molecule has 6 heteroatoms. The third-order valence-electron chi connectivity index (χ3n) is 2.18. The molecule has 0 amide bonds. The monoisotopic (exact) mass is 289 g/mol. The highest BCUT2D eigenvalue weighted by Gasteiger charge is 2.12. The van der Waals surface area contributed by atoms with E-state index in [9.17, 15) is 8.78 Å². The second kappa shape index (κ2) is 5.50. The molecule has 1 aromatic heterocycles. The lowest BCUT2D eigenvalue weighted by Crippen LogP contribution is -2.03. The predicted molar refractivity (Wildman–Crippen MR) is 66.3 cm³/mol. The van der Waals surface area contributed by atoms with E-state index in [4.69, 9.17) is 23.2 Å². The number of ether oxygens (including phenoxy) is 1. The van der Waals surface area contributed by atoms with Gasteiger partial charge < -0.3 is 4.74 Å². The van der Waals surface area contributed by atoms with Crippen molar-refractivity contribution in [1.29, 1.82) is 0 Å². The Morgan fingerprint density at radius 3 is 2.56 bits per heavy atom. The van der Waals surface area contributed by atoms with Gasteiger partial charge in [-0.3, -0.25) is 4.98 Å². The van der Waals surface area contributed by atoms with Crippen molar-refractivity contribution in [3.63, 3.8) is 0 Å². The smallest absolute Gasteiger partial charge is 0.387 e. The predicted octanol–water partition coefficient (Wildman–Crippen LogP) is 4.66. The molecule has 0 radical (unpaired) electrons. The van der Waals surface area contributed by atoms with Gasteiger partial charge in [0.15, 0.2) is 5.75 Å². The zero-order valence-electron chi connectivity index (χ0n) is 8.91. The molecule has 94 valence electrons. The number of pyridine rings is 1. The fourth-order valence-corrected chi connectivity index (χ4v) is 1.74. The number of benzene rings is 1. The average molecular weight is 290 g/mol. The maximum absolute atomic E-state index is 12.3. The Morgan fingerprint density at radius 2 is 1.89 bits per heavy atom. The summed E-state index contributed by atoms with van der Waals surface area (Å²) < 4.78 is 28.9. The van der Waals surface area contributed by atoms with Crippen molar-refractivity contribution < 1.29 is 13.5 Å². The van der Waals surface area contributed by atoms with E-state index >= 15 is 0 Å². The van der Waals surface area contributed by atoms with Gasteiger partial charge in [-0.25, -0.2) is 0 Å². The molecule has 0 bridgehead atoms. The molecule has 0 aliphatic rings. The SMILES string of the molecule is FC(F)Oc1cccnc1-c1ccc(Cl)c(Cl)c1. The first kappa shape index (κ1) is 13.1. The second-order valence-electron chi connectivity index (χ2n) is 3.36. The van der Waals surface area contributed by atoms with Gasteiger partial charge in [-0.2, -0.15) is 8.78 Å². The maximum atomic E-state index is 12.3. The Morgan fingerprint density at radius 1 is 1.11 bits per heavy atom. The van der Waals surface area contributed by atoms with Gasteiger partial charge in [0.05, 0.1) is 10.0 Å². The van der Waals surface area contributed by atoms with Gasteiger partial charge in [-0.05, 0) is 24.3 Å². The highest BCUT2D eigenvalue weighted by molar-refractivity contribution is 6.42. The maximum Gasteiger partial charge on any atom is 0.387 e. The lowest BCUT2D eigenvalue weighted by atomic mass is 10.1. The van der Waals surface area contributed by atoms with Gasteiger partial charge in [-0.1, -0.05) is 29.3 Å². The van der Waals surface area contributed by atoms with E-state index in [-0.39, 0.29) is 11.4 Å². The van der Waals surface area contributed by atoms with Crippen LogP contribution < -0.4 is 4.74 Å². The molecule has 0 unspecified atom stereocenters. The Labute approximate surface area is 112 Å². The molecule has 1 aromatic carbocycles. The van der Waals surface area contributed by atoms with Crippen LogP contribution in [-0.4, -0.2) is 11.6 Å². The van der Waals surface area contributed by atoms with E-state index < -0.39 is 6.61 Å². The molecular formula is C12H7Cl2F2NO. The Hall–Kier alpha value is -1.39. The molecule has 0 atom stereocenters. The Bertz CT molecular complexity index is 564. The van der Waals surface area contributed by atoms with Crippen molar-refractivity contribution in [2.45, 2.75) is 6.61 Å². The average Bonchev–Trinajstić information content (AvgIpc) is 2.33. The normalized spacial score (nSPS) is 10.7. The van der Waals surface area contributed by atoms with E-state index in [1.807, 2.05) is 0 Å². The summed E-state index contributed by atoms with van der Waals surface area (Å²) in [5.41, 5.74) is 0.844. The minimum atomic E-state index is -2.91. The molecule has 2 aromatic rings. The Balaban J connectivity index is 2.46. The first-order valence-corrected chi connectivity index (χ1v) is 5.69. The van der Waals surface area contributed by atoms with Gasteiger partial charge in [0, 0.05) is 11.8 Å². The van der Waals surface area contributed by atoms with Crippen LogP contribution in [0.2, 0.25) is 10.0 Å². The van der Waals surface area contributed by atoms with Gasteiger partial charge in [0.25, 0.3) is 0 Å². The van der Waals surface area contributed by atoms with Crippen LogP contribution >= 0.6 is 23.2 Å². The summed E-state index contributed by atoms with van der Waals surface area (Å²) in [6, 6.07) is 7.68. The molecule has 0 aliphatic carbocycles. The molecule has 2 rings (SSSR count). The molecule has 2 nitrogen and oxygen atoms in total. The van der Waals surface area contributed by atoms with Crippen molar-refractivity contribution in [2.75, 3.05) is 0 Å². The van der Waals surface area contributed by atoms with Gasteiger partial charge in [-0.15, -0.1) is 0 Å². The van der Waals surface area contributed by atoms with Gasteiger partial charge >= 0.3 is 6.61 Å². The standard InChI is InChI=1S/C12H7Cl2F2NO/c13-8-4-3-7(6-9(8)14)11-10(18-12(15)16)2-1-5-17-11/h1-6,12H.